The molecule has 4 rings (SSSR count). The number of methoxy groups -OCH3 is 1. The molecule has 6 heteroatoms. The molecular weight excluding hydrogens is 464 g/mol. The van der Waals surface area contributed by atoms with Gasteiger partial charge in [-0.1, -0.05) is 17.9 Å². The van der Waals surface area contributed by atoms with Gasteiger partial charge in [-0.3, -0.25) is 14.7 Å². The lowest BCUT2D eigenvalue weighted by Gasteiger charge is -2.37. The fourth-order valence-electron chi connectivity index (χ4n) is 5.53. The van der Waals surface area contributed by atoms with Crippen molar-refractivity contribution in [1.82, 2.24) is 9.88 Å². The minimum atomic E-state index is -0.772. The number of benzene rings is 2. The summed E-state index contributed by atoms with van der Waals surface area (Å²) in [5.41, 5.74) is 5.07. The quantitative estimate of drug-likeness (QED) is 0.417. The SMILES string of the molecule is COc1ccc2nccc(C(O)CC[C@@H]3CCN(CC#Cc4cc(C)cc(C)c4)C[C@@H]3CC(=O)O)c2c1. The van der Waals surface area contributed by atoms with Crippen molar-refractivity contribution in [2.75, 3.05) is 26.7 Å². The second kappa shape index (κ2) is 12.2. The average Bonchev–Trinajstić information content (AvgIpc) is 2.86. The van der Waals surface area contributed by atoms with Gasteiger partial charge in [0.05, 0.1) is 25.3 Å². The summed E-state index contributed by atoms with van der Waals surface area (Å²) in [4.78, 5) is 18.3. The summed E-state index contributed by atoms with van der Waals surface area (Å²) in [7, 11) is 1.62. The number of fused-ring (bicyclic) bond motifs is 1. The number of aliphatic carboxylic acids is 1. The first kappa shape index (κ1) is 26.7. The summed E-state index contributed by atoms with van der Waals surface area (Å²) in [5.74, 6) is 6.79. The van der Waals surface area contributed by atoms with E-state index >= 15 is 0 Å². The maximum atomic E-state index is 11.6. The highest BCUT2D eigenvalue weighted by atomic mass is 16.5. The molecule has 0 bridgehead atoms. The number of carboxylic acids is 1. The van der Waals surface area contributed by atoms with Crippen LogP contribution in [0, 0.1) is 37.5 Å². The molecule has 0 spiro atoms. The molecule has 0 saturated carbocycles. The molecule has 2 N–H and O–H groups in total. The smallest absolute Gasteiger partial charge is 0.303 e. The Labute approximate surface area is 219 Å². The monoisotopic (exact) mass is 500 g/mol. The Morgan fingerprint density at radius 2 is 1.95 bits per heavy atom. The van der Waals surface area contributed by atoms with Crippen LogP contribution in [0.15, 0.2) is 48.7 Å². The minimum absolute atomic E-state index is 0.0377. The van der Waals surface area contributed by atoms with Crippen LogP contribution >= 0.6 is 0 Å². The number of rotatable bonds is 8. The molecule has 0 radical (unpaired) electrons. The van der Waals surface area contributed by atoms with E-state index in [1.807, 2.05) is 24.3 Å². The molecule has 6 nitrogen and oxygen atoms in total. The van der Waals surface area contributed by atoms with E-state index in [1.54, 1.807) is 13.3 Å². The Morgan fingerprint density at radius 1 is 1.16 bits per heavy atom. The Hall–Kier alpha value is -3.40. The van der Waals surface area contributed by atoms with Crippen LogP contribution in [0.5, 0.6) is 5.75 Å². The second-order valence-corrected chi connectivity index (χ2v) is 10.2. The Morgan fingerprint density at radius 3 is 2.68 bits per heavy atom. The molecule has 0 amide bonds. The second-order valence-electron chi connectivity index (χ2n) is 10.2. The summed E-state index contributed by atoms with van der Waals surface area (Å²) < 4.78 is 5.36. The Bertz CT molecular complexity index is 1290. The minimum Gasteiger partial charge on any atom is -0.497 e. The summed E-state index contributed by atoms with van der Waals surface area (Å²) in [6, 6.07) is 13.8. The van der Waals surface area contributed by atoms with E-state index in [4.69, 9.17) is 4.74 Å². The first-order valence-electron chi connectivity index (χ1n) is 12.9. The van der Waals surface area contributed by atoms with Crippen LogP contribution in [-0.2, 0) is 4.79 Å². The molecule has 2 aromatic carbocycles. The highest BCUT2D eigenvalue weighted by molar-refractivity contribution is 5.83. The number of pyridine rings is 1. The summed E-state index contributed by atoms with van der Waals surface area (Å²) in [6.45, 7) is 6.37. The van der Waals surface area contributed by atoms with Gasteiger partial charge in [-0.2, -0.15) is 0 Å². The predicted molar refractivity (Wildman–Crippen MR) is 146 cm³/mol. The number of aliphatic hydroxyl groups is 1. The first-order chi connectivity index (χ1) is 17.8. The number of nitrogens with zero attached hydrogens (tertiary/aromatic N) is 2. The molecule has 194 valence electrons. The largest absolute Gasteiger partial charge is 0.497 e. The molecule has 0 aliphatic carbocycles. The van der Waals surface area contributed by atoms with Gasteiger partial charge in [0.2, 0.25) is 0 Å². The summed E-state index contributed by atoms with van der Waals surface area (Å²) in [6.07, 6.45) is 3.46. The van der Waals surface area contributed by atoms with Crippen molar-refractivity contribution in [3.63, 3.8) is 0 Å². The van der Waals surface area contributed by atoms with Crippen LogP contribution in [0.2, 0.25) is 0 Å². The maximum Gasteiger partial charge on any atom is 0.303 e. The molecule has 2 heterocycles. The zero-order valence-electron chi connectivity index (χ0n) is 21.9. The van der Waals surface area contributed by atoms with Crippen molar-refractivity contribution in [3.8, 4) is 17.6 Å². The third kappa shape index (κ3) is 7.09. The van der Waals surface area contributed by atoms with Crippen LogP contribution < -0.4 is 4.74 Å². The van der Waals surface area contributed by atoms with E-state index < -0.39 is 12.1 Å². The van der Waals surface area contributed by atoms with E-state index in [-0.39, 0.29) is 18.3 Å². The molecular formula is C31H36N2O4. The van der Waals surface area contributed by atoms with Crippen molar-refractivity contribution >= 4 is 16.9 Å². The van der Waals surface area contributed by atoms with Gasteiger partial charge in [-0.05, 0) is 105 Å². The molecule has 1 aliphatic rings. The summed E-state index contributed by atoms with van der Waals surface area (Å²) in [5, 5.41) is 21.5. The molecule has 1 aromatic heterocycles. The average molecular weight is 501 g/mol. The highest BCUT2D eigenvalue weighted by Gasteiger charge is 2.31. The molecule has 1 aliphatic heterocycles. The fourth-order valence-corrected chi connectivity index (χ4v) is 5.53. The van der Waals surface area contributed by atoms with E-state index in [1.165, 1.54) is 11.1 Å². The maximum absolute atomic E-state index is 11.6. The van der Waals surface area contributed by atoms with E-state index in [0.717, 1.165) is 47.2 Å². The number of piperidine rings is 1. The molecule has 1 fully saturated rings. The molecule has 37 heavy (non-hydrogen) atoms. The normalized spacial score (nSPS) is 18.7. The standard InChI is InChI=1S/C31H36N2O4/c1-21-15-22(2)17-23(16-21)5-4-13-33-14-11-24(25(20-33)18-31(35)36)6-9-30(34)27-10-12-32-29-8-7-26(37-3)19-28(27)29/h7-8,10,12,15-17,19,24-25,30,34H,6,9,11,13-14,18,20H2,1-3H3,(H,35,36)/t24-,25+,30?/m1/s1. The third-order valence-corrected chi connectivity index (χ3v) is 7.32. The van der Waals surface area contributed by atoms with Crippen LogP contribution in [-0.4, -0.2) is 52.8 Å². The van der Waals surface area contributed by atoms with Gasteiger partial charge in [0.15, 0.2) is 0 Å². The molecule has 3 atom stereocenters. The molecule has 1 unspecified atom stereocenters. The van der Waals surface area contributed by atoms with Gasteiger partial charge in [-0.15, -0.1) is 0 Å². The number of hydrogen-bond donors (Lipinski definition) is 2. The number of aliphatic hydroxyl groups excluding tert-OH is 1. The molecule has 1 saturated heterocycles. The van der Waals surface area contributed by atoms with E-state index in [0.29, 0.717) is 19.5 Å². The number of likely N-dealkylation sites (tertiary alicyclic amines) is 1. The van der Waals surface area contributed by atoms with Crippen LogP contribution in [0.1, 0.15) is 54.0 Å². The first-order valence-corrected chi connectivity index (χ1v) is 12.9. The molecule has 3 aromatic rings. The number of ether oxygens (including phenoxy) is 1. The van der Waals surface area contributed by atoms with Crippen molar-refractivity contribution in [1.29, 1.82) is 0 Å². The van der Waals surface area contributed by atoms with E-state index in [2.05, 4.69) is 53.8 Å². The van der Waals surface area contributed by atoms with E-state index in [9.17, 15) is 15.0 Å². The van der Waals surface area contributed by atoms with Crippen molar-refractivity contribution in [3.05, 3.63) is 70.9 Å². The lowest BCUT2D eigenvalue weighted by Crippen LogP contribution is -2.41. The Balaban J connectivity index is 1.39. The highest BCUT2D eigenvalue weighted by Crippen LogP contribution is 2.34. The topological polar surface area (TPSA) is 82.9 Å². The van der Waals surface area contributed by atoms with Crippen LogP contribution in [0.25, 0.3) is 10.9 Å². The van der Waals surface area contributed by atoms with Gasteiger partial charge in [0.25, 0.3) is 0 Å². The van der Waals surface area contributed by atoms with Crippen LogP contribution in [0.3, 0.4) is 0 Å². The third-order valence-electron chi connectivity index (χ3n) is 7.32. The number of carboxylic acid groups (broad SMARTS) is 1. The van der Waals surface area contributed by atoms with Gasteiger partial charge in [0.1, 0.15) is 5.75 Å². The van der Waals surface area contributed by atoms with Crippen molar-refractivity contribution in [2.45, 2.75) is 45.6 Å². The lowest BCUT2D eigenvalue weighted by molar-refractivity contribution is -0.139. The number of carbonyl (C=O) groups is 1. The van der Waals surface area contributed by atoms with Crippen LogP contribution in [0.4, 0.5) is 0 Å². The summed E-state index contributed by atoms with van der Waals surface area (Å²) >= 11 is 0. The Kier molecular flexibility index (Phi) is 8.81. The van der Waals surface area contributed by atoms with Crippen molar-refractivity contribution < 1.29 is 19.7 Å². The van der Waals surface area contributed by atoms with Gasteiger partial charge in [0, 0.05) is 30.1 Å². The fraction of sp³-hybridized carbons (Fsp3) is 0.419. The lowest BCUT2D eigenvalue weighted by atomic mass is 9.79. The number of aryl methyl sites for hydroxylation is 2. The zero-order valence-corrected chi connectivity index (χ0v) is 21.9. The predicted octanol–water partition coefficient (Wildman–Crippen LogP) is 5.14. The van der Waals surface area contributed by atoms with Gasteiger partial charge in [-0.25, -0.2) is 0 Å². The van der Waals surface area contributed by atoms with Crippen molar-refractivity contribution in [2.24, 2.45) is 11.8 Å². The van der Waals surface area contributed by atoms with Gasteiger partial charge >= 0.3 is 5.97 Å². The zero-order chi connectivity index (χ0) is 26.4. The number of hydrogen-bond acceptors (Lipinski definition) is 5. The number of aromatic nitrogens is 1. The van der Waals surface area contributed by atoms with Gasteiger partial charge < -0.3 is 14.9 Å².